The van der Waals surface area contributed by atoms with Gasteiger partial charge in [0, 0.05) is 50.3 Å². The molecule has 4 rings (SSSR count). The Labute approximate surface area is 165 Å². The van der Waals surface area contributed by atoms with Crippen molar-refractivity contribution < 1.29 is 4.74 Å². The third-order valence-corrected chi connectivity index (χ3v) is 6.65. The maximum atomic E-state index is 5.44. The molecule has 0 radical (unpaired) electrons. The van der Waals surface area contributed by atoms with Crippen LogP contribution in [0, 0.1) is 6.92 Å². The highest BCUT2D eigenvalue weighted by molar-refractivity contribution is 7.10. The molecule has 2 aliphatic heterocycles. The summed E-state index contributed by atoms with van der Waals surface area (Å²) in [5.74, 6) is 1.84. The van der Waals surface area contributed by atoms with Crippen molar-refractivity contribution in [2.24, 2.45) is 0 Å². The average molecular weight is 388 g/mol. The number of aromatic nitrogens is 2. The van der Waals surface area contributed by atoms with Gasteiger partial charge in [-0.15, -0.1) is 11.3 Å². The van der Waals surface area contributed by atoms with Crippen LogP contribution in [0.5, 0.6) is 0 Å². The second-order valence-electron chi connectivity index (χ2n) is 7.48. The lowest BCUT2D eigenvalue weighted by atomic mass is 10.0. The molecule has 6 nitrogen and oxygen atoms in total. The van der Waals surface area contributed by atoms with Gasteiger partial charge in [0.25, 0.3) is 0 Å². The van der Waals surface area contributed by atoms with Crippen molar-refractivity contribution in [2.45, 2.75) is 32.4 Å². The maximum Gasteiger partial charge on any atom is 0.227 e. The number of hydrogen-bond donors (Lipinski definition) is 0. The number of aryl methyl sites for hydroxylation is 1. The highest BCUT2D eigenvalue weighted by atomic mass is 32.1. The molecule has 1 atom stereocenters. The predicted molar refractivity (Wildman–Crippen MR) is 111 cm³/mol. The van der Waals surface area contributed by atoms with Crippen LogP contribution in [-0.2, 0) is 11.3 Å². The first-order valence-corrected chi connectivity index (χ1v) is 10.7. The van der Waals surface area contributed by atoms with E-state index in [1.54, 1.807) is 0 Å². The lowest BCUT2D eigenvalue weighted by Gasteiger charge is -2.38. The van der Waals surface area contributed by atoms with Gasteiger partial charge < -0.3 is 14.5 Å². The molecule has 2 fully saturated rings. The Hall–Kier alpha value is -1.70. The average Bonchev–Trinajstić information content (AvgIpc) is 3.13. The number of hydrogen-bond acceptors (Lipinski definition) is 7. The molecule has 0 bridgehead atoms. The summed E-state index contributed by atoms with van der Waals surface area (Å²) in [6, 6.07) is 4.75. The van der Waals surface area contributed by atoms with E-state index in [2.05, 4.69) is 45.1 Å². The molecule has 4 heterocycles. The van der Waals surface area contributed by atoms with Gasteiger partial charge in [0.15, 0.2) is 0 Å². The van der Waals surface area contributed by atoms with Crippen molar-refractivity contribution in [2.75, 3.05) is 56.2 Å². The minimum absolute atomic E-state index is 0.492. The topological polar surface area (TPSA) is 44.7 Å². The summed E-state index contributed by atoms with van der Waals surface area (Å²) in [6.45, 7) is 8.79. The number of anilines is 2. The summed E-state index contributed by atoms with van der Waals surface area (Å²) < 4.78 is 5.44. The largest absolute Gasteiger partial charge is 0.378 e. The van der Waals surface area contributed by atoms with E-state index in [1.807, 2.05) is 23.6 Å². The van der Waals surface area contributed by atoms with Gasteiger partial charge in [-0.2, -0.15) is 4.98 Å². The van der Waals surface area contributed by atoms with Gasteiger partial charge in [-0.25, -0.2) is 4.98 Å². The van der Waals surface area contributed by atoms with Crippen molar-refractivity contribution in [1.82, 2.24) is 14.9 Å². The first-order chi connectivity index (χ1) is 13.2. The SMILES string of the molecule is Cc1ccsc1CN1CCCC(N(C)c2ccnc(N3CCOCC3)n2)C1. The Morgan fingerprint density at radius 1 is 1.26 bits per heavy atom. The number of ether oxygens (including phenoxy) is 1. The molecular formula is C20H29N5OS. The Bertz CT molecular complexity index is 745. The first-order valence-electron chi connectivity index (χ1n) is 9.84. The number of rotatable bonds is 5. The zero-order valence-corrected chi connectivity index (χ0v) is 17.1. The Morgan fingerprint density at radius 3 is 2.89 bits per heavy atom. The van der Waals surface area contributed by atoms with Crippen LogP contribution in [0.4, 0.5) is 11.8 Å². The molecule has 0 aromatic carbocycles. The van der Waals surface area contributed by atoms with E-state index < -0.39 is 0 Å². The van der Waals surface area contributed by atoms with Gasteiger partial charge in [0.1, 0.15) is 5.82 Å². The Kier molecular flexibility index (Phi) is 5.90. The van der Waals surface area contributed by atoms with E-state index in [1.165, 1.54) is 29.8 Å². The van der Waals surface area contributed by atoms with Crippen LogP contribution in [-0.4, -0.2) is 67.4 Å². The number of likely N-dealkylation sites (tertiary alicyclic amines) is 1. The van der Waals surface area contributed by atoms with Gasteiger partial charge in [-0.3, -0.25) is 4.90 Å². The summed E-state index contributed by atoms with van der Waals surface area (Å²) in [5.41, 5.74) is 1.42. The highest BCUT2D eigenvalue weighted by Crippen LogP contribution is 2.24. The molecule has 7 heteroatoms. The van der Waals surface area contributed by atoms with Crippen LogP contribution in [0.1, 0.15) is 23.3 Å². The molecule has 2 aliphatic rings. The van der Waals surface area contributed by atoms with Crippen LogP contribution >= 0.6 is 11.3 Å². The number of nitrogens with zero attached hydrogens (tertiary/aromatic N) is 5. The molecule has 27 heavy (non-hydrogen) atoms. The molecular weight excluding hydrogens is 358 g/mol. The zero-order valence-electron chi connectivity index (χ0n) is 16.3. The van der Waals surface area contributed by atoms with Crippen LogP contribution < -0.4 is 9.80 Å². The fraction of sp³-hybridized carbons (Fsp3) is 0.600. The lowest BCUT2D eigenvalue weighted by molar-refractivity contribution is 0.122. The first kappa shape index (κ1) is 18.7. The molecule has 2 aromatic heterocycles. The lowest BCUT2D eigenvalue weighted by Crippen LogP contribution is -2.46. The predicted octanol–water partition coefficient (Wildman–Crippen LogP) is 2.78. The van der Waals surface area contributed by atoms with Crippen molar-refractivity contribution in [3.05, 3.63) is 34.2 Å². The summed E-state index contributed by atoms with van der Waals surface area (Å²) in [7, 11) is 2.18. The van der Waals surface area contributed by atoms with Crippen LogP contribution in [0.2, 0.25) is 0 Å². The Morgan fingerprint density at radius 2 is 2.11 bits per heavy atom. The van der Waals surface area contributed by atoms with E-state index in [4.69, 9.17) is 9.72 Å². The van der Waals surface area contributed by atoms with Gasteiger partial charge in [0.2, 0.25) is 5.95 Å². The summed E-state index contributed by atoms with van der Waals surface area (Å²) in [5, 5.41) is 2.20. The quantitative estimate of drug-likeness (QED) is 0.786. The van der Waals surface area contributed by atoms with Gasteiger partial charge in [-0.1, -0.05) is 0 Å². The van der Waals surface area contributed by atoms with Crippen molar-refractivity contribution in [1.29, 1.82) is 0 Å². The monoisotopic (exact) mass is 387 g/mol. The molecule has 0 aliphatic carbocycles. The van der Waals surface area contributed by atoms with Gasteiger partial charge in [-0.05, 0) is 49.4 Å². The molecule has 146 valence electrons. The zero-order chi connectivity index (χ0) is 18.6. The molecule has 2 aromatic rings. The van der Waals surface area contributed by atoms with E-state index in [0.717, 1.165) is 51.2 Å². The fourth-order valence-electron chi connectivity index (χ4n) is 3.90. The second-order valence-corrected chi connectivity index (χ2v) is 8.48. The standard InChI is InChI=1S/C20H29N5OS/c1-16-6-13-27-18(16)15-24-8-3-4-17(14-24)23(2)19-5-7-21-20(22-19)25-9-11-26-12-10-25/h5-7,13,17H,3-4,8-12,14-15H2,1-2H3. The van der Waals surface area contributed by atoms with E-state index in [0.29, 0.717) is 6.04 Å². The summed E-state index contributed by atoms with van der Waals surface area (Å²) in [4.78, 5) is 18.0. The molecule has 0 N–H and O–H groups in total. The number of morpholine rings is 1. The number of piperidine rings is 1. The van der Waals surface area contributed by atoms with Crippen LogP contribution in [0.25, 0.3) is 0 Å². The second kappa shape index (κ2) is 8.54. The van der Waals surface area contributed by atoms with Crippen molar-refractivity contribution >= 4 is 23.1 Å². The van der Waals surface area contributed by atoms with Gasteiger partial charge in [0.05, 0.1) is 13.2 Å². The van der Waals surface area contributed by atoms with Gasteiger partial charge >= 0.3 is 0 Å². The minimum Gasteiger partial charge on any atom is -0.378 e. The van der Waals surface area contributed by atoms with Crippen molar-refractivity contribution in [3.63, 3.8) is 0 Å². The highest BCUT2D eigenvalue weighted by Gasteiger charge is 2.25. The molecule has 0 spiro atoms. The molecule has 0 amide bonds. The van der Waals surface area contributed by atoms with Crippen molar-refractivity contribution in [3.8, 4) is 0 Å². The van der Waals surface area contributed by atoms with E-state index in [-0.39, 0.29) is 0 Å². The number of thiophene rings is 1. The van der Waals surface area contributed by atoms with Crippen LogP contribution in [0.15, 0.2) is 23.7 Å². The van der Waals surface area contributed by atoms with E-state index in [9.17, 15) is 0 Å². The molecule has 1 unspecified atom stereocenters. The summed E-state index contributed by atoms with van der Waals surface area (Å²) >= 11 is 1.88. The molecule has 2 saturated heterocycles. The maximum absolute atomic E-state index is 5.44. The third-order valence-electron chi connectivity index (χ3n) is 5.65. The third kappa shape index (κ3) is 4.42. The Balaban J connectivity index is 1.42. The summed E-state index contributed by atoms with van der Waals surface area (Å²) in [6.07, 6.45) is 4.34. The number of likely N-dealkylation sites (N-methyl/N-ethyl adjacent to an activating group) is 1. The van der Waals surface area contributed by atoms with E-state index >= 15 is 0 Å². The minimum atomic E-state index is 0.492. The van der Waals surface area contributed by atoms with Crippen LogP contribution in [0.3, 0.4) is 0 Å². The fourth-order valence-corrected chi connectivity index (χ4v) is 4.85. The normalized spacial score (nSPS) is 21.4. The molecule has 0 saturated carbocycles. The smallest absolute Gasteiger partial charge is 0.227 e.